The maximum absolute atomic E-state index is 14.8. The highest BCUT2D eigenvalue weighted by Crippen LogP contribution is 2.61. The predicted molar refractivity (Wildman–Crippen MR) is 135 cm³/mol. The van der Waals surface area contributed by atoms with E-state index in [1.807, 2.05) is 72.9 Å². The first-order valence-corrected chi connectivity index (χ1v) is 11.9. The number of rotatable bonds is 4. The van der Waals surface area contributed by atoms with Gasteiger partial charge in [0.25, 0.3) is 0 Å². The Morgan fingerprint density at radius 2 is 1.64 bits per heavy atom. The van der Waals surface area contributed by atoms with E-state index in [1.165, 1.54) is 7.11 Å². The normalized spacial score (nSPS) is 21.6. The van der Waals surface area contributed by atoms with Crippen LogP contribution in [0.2, 0.25) is 0 Å². The largest absolute Gasteiger partial charge is 0.493 e. The zero-order valence-electron chi connectivity index (χ0n) is 20.4. The lowest BCUT2D eigenvalue weighted by Gasteiger charge is -2.41. The van der Waals surface area contributed by atoms with Gasteiger partial charge in [0.15, 0.2) is 11.5 Å². The molecule has 7 nitrogen and oxygen atoms in total. The molecule has 1 spiro atoms. The first-order valence-electron chi connectivity index (χ1n) is 11.9. The van der Waals surface area contributed by atoms with Crippen LogP contribution in [0.25, 0.3) is 0 Å². The van der Waals surface area contributed by atoms with Crippen molar-refractivity contribution in [2.24, 2.45) is 0 Å². The highest BCUT2D eigenvalue weighted by Gasteiger charge is 2.65. The molecule has 3 aliphatic rings. The summed E-state index contributed by atoms with van der Waals surface area (Å²) in [5.74, 6) is 0.534. The Kier molecular flexibility index (Phi) is 5.03. The Morgan fingerprint density at radius 1 is 0.944 bits per heavy atom. The molecule has 0 aliphatic carbocycles. The van der Waals surface area contributed by atoms with E-state index in [1.54, 1.807) is 19.1 Å². The van der Waals surface area contributed by atoms with Gasteiger partial charge in [-0.25, -0.2) is 4.79 Å². The molecular weight excluding hydrogens is 456 g/mol. The number of anilines is 2. The van der Waals surface area contributed by atoms with E-state index >= 15 is 0 Å². The van der Waals surface area contributed by atoms with Crippen molar-refractivity contribution in [2.45, 2.75) is 17.9 Å². The van der Waals surface area contributed by atoms with Crippen molar-refractivity contribution in [3.05, 3.63) is 95.2 Å². The van der Waals surface area contributed by atoms with Crippen molar-refractivity contribution in [3.8, 4) is 11.5 Å². The van der Waals surface area contributed by atoms with Crippen molar-refractivity contribution >= 4 is 23.3 Å². The fourth-order valence-corrected chi connectivity index (χ4v) is 6.09. The lowest BCUT2D eigenvalue weighted by atomic mass is 9.67. The molecule has 0 fully saturated rings. The molecule has 2 atom stereocenters. The molecule has 0 saturated carbocycles. The van der Waals surface area contributed by atoms with Gasteiger partial charge in [0, 0.05) is 18.4 Å². The molecule has 3 heterocycles. The van der Waals surface area contributed by atoms with Crippen LogP contribution in [-0.2, 0) is 26.2 Å². The number of amides is 1. The number of esters is 1. The molecule has 0 unspecified atom stereocenters. The fourth-order valence-electron chi connectivity index (χ4n) is 6.09. The van der Waals surface area contributed by atoms with E-state index in [4.69, 9.17) is 14.2 Å². The van der Waals surface area contributed by atoms with Gasteiger partial charge >= 0.3 is 5.97 Å². The number of hydrogen-bond donors (Lipinski definition) is 0. The van der Waals surface area contributed by atoms with Crippen LogP contribution >= 0.6 is 0 Å². The number of hydrogen-bond acceptors (Lipinski definition) is 6. The topological polar surface area (TPSA) is 68.3 Å². The fraction of sp³-hybridized carbons (Fsp3) is 0.241. The van der Waals surface area contributed by atoms with Crippen molar-refractivity contribution in [1.29, 1.82) is 0 Å². The average molecular weight is 483 g/mol. The quantitative estimate of drug-likeness (QED) is 0.517. The summed E-state index contributed by atoms with van der Waals surface area (Å²) in [6.45, 7) is 0.649. The second-order valence-corrected chi connectivity index (χ2v) is 9.13. The molecule has 1 amide bonds. The van der Waals surface area contributed by atoms with Gasteiger partial charge in [-0.15, -0.1) is 0 Å². The van der Waals surface area contributed by atoms with E-state index in [0.717, 1.165) is 34.5 Å². The Labute approximate surface area is 209 Å². The maximum Gasteiger partial charge on any atom is 0.336 e. The summed E-state index contributed by atoms with van der Waals surface area (Å²) in [4.78, 5) is 31.9. The summed E-state index contributed by atoms with van der Waals surface area (Å²) in [6, 6.07) is 20.7. The van der Waals surface area contributed by atoms with Crippen LogP contribution in [0.4, 0.5) is 11.4 Å². The molecule has 0 aromatic heterocycles. The van der Waals surface area contributed by atoms with Crippen LogP contribution in [0.15, 0.2) is 78.5 Å². The molecule has 0 bridgehead atoms. The van der Waals surface area contributed by atoms with Crippen molar-refractivity contribution in [1.82, 2.24) is 4.90 Å². The first-order chi connectivity index (χ1) is 17.6. The van der Waals surface area contributed by atoms with Gasteiger partial charge in [-0.2, -0.15) is 0 Å². The Balaban J connectivity index is 1.65. The zero-order chi connectivity index (χ0) is 25.0. The van der Waals surface area contributed by atoms with E-state index in [9.17, 15) is 9.59 Å². The second kappa shape index (κ2) is 8.16. The van der Waals surface area contributed by atoms with E-state index < -0.39 is 17.4 Å². The molecule has 3 aliphatic heterocycles. The number of ether oxygens (including phenoxy) is 3. The summed E-state index contributed by atoms with van der Waals surface area (Å²) in [6.07, 6.45) is 2.56. The zero-order valence-corrected chi connectivity index (χ0v) is 20.4. The van der Waals surface area contributed by atoms with E-state index in [2.05, 4.69) is 4.90 Å². The van der Waals surface area contributed by atoms with Gasteiger partial charge in [0.2, 0.25) is 5.91 Å². The number of methoxy groups -OCH3 is 3. The Hall–Kier alpha value is -4.26. The molecule has 0 N–H and O–H groups in total. The number of benzene rings is 3. The van der Waals surface area contributed by atoms with Gasteiger partial charge < -0.3 is 19.1 Å². The lowest BCUT2D eigenvalue weighted by molar-refractivity contribution is -0.138. The van der Waals surface area contributed by atoms with Crippen LogP contribution < -0.4 is 14.4 Å². The van der Waals surface area contributed by atoms with Crippen LogP contribution in [-0.4, -0.2) is 44.7 Å². The van der Waals surface area contributed by atoms with Gasteiger partial charge in [-0.3, -0.25) is 9.69 Å². The standard InChI is InChI=1S/C29H26N2O5/c1-34-24-15-18-13-14-30-17-22(27(32)36-3)29(26(30)20(18)16-25(24)35-2)21-11-7-8-12-23(21)31(28(29)33)19-9-5-4-6-10-19/h4-12,15-17,26H,13-14H2,1-3H3/t26-,29+/m0/s1. The summed E-state index contributed by atoms with van der Waals surface area (Å²) < 4.78 is 16.4. The minimum absolute atomic E-state index is 0.179. The highest BCUT2D eigenvalue weighted by atomic mass is 16.5. The summed E-state index contributed by atoms with van der Waals surface area (Å²) in [7, 11) is 4.57. The van der Waals surface area contributed by atoms with Crippen molar-refractivity contribution < 1.29 is 23.8 Å². The van der Waals surface area contributed by atoms with Crippen LogP contribution in [0.5, 0.6) is 11.5 Å². The predicted octanol–water partition coefficient (Wildman–Crippen LogP) is 4.29. The Bertz CT molecular complexity index is 1420. The smallest absolute Gasteiger partial charge is 0.336 e. The SMILES string of the molecule is COC(=O)C1=CN2CCc3cc(OC)c(OC)cc3[C@H]2[C@]12C(=O)N(c1ccccc1)c1ccccc12. The second-order valence-electron chi connectivity index (χ2n) is 9.13. The third-order valence-electron chi connectivity index (χ3n) is 7.57. The lowest BCUT2D eigenvalue weighted by Crippen LogP contribution is -2.48. The van der Waals surface area contributed by atoms with Gasteiger partial charge in [-0.05, 0) is 53.4 Å². The van der Waals surface area contributed by atoms with Gasteiger partial charge in [0.1, 0.15) is 5.41 Å². The van der Waals surface area contributed by atoms with Crippen molar-refractivity contribution in [3.63, 3.8) is 0 Å². The molecule has 0 radical (unpaired) electrons. The summed E-state index contributed by atoms with van der Waals surface area (Å²) >= 11 is 0. The average Bonchev–Trinajstić information content (AvgIpc) is 3.41. The monoisotopic (exact) mass is 482 g/mol. The molecule has 3 aromatic rings. The number of para-hydroxylation sites is 2. The first kappa shape index (κ1) is 22.2. The number of carbonyl (C=O) groups excluding carboxylic acids is 2. The molecule has 36 heavy (non-hydrogen) atoms. The van der Waals surface area contributed by atoms with Crippen LogP contribution in [0.3, 0.4) is 0 Å². The third kappa shape index (κ3) is 2.80. The third-order valence-corrected chi connectivity index (χ3v) is 7.57. The van der Waals surface area contributed by atoms with Crippen LogP contribution in [0.1, 0.15) is 22.7 Å². The minimum atomic E-state index is -1.28. The Morgan fingerprint density at radius 3 is 2.36 bits per heavy atom. The molecule has 0 saturated heterocycles. The minimum Gasteiger partial charge on any atom is -0.493 e. The van der Waals surface area contributed by atoms with Gasteiger partial charge in [0.05, 0.1) is 38.6 Å². The molecule has 6 rings (SSSR count). The molecule has 182 valence electrons. The molecular formula is C29H26N2O5. The molecule has 7 heteroatoms. The van der Waals surface area contributed by atoms with E-state index in [-0.39, 0.29) is 5.91 Å². The van der Waals surface area contributed by atoms with E-state index in [0.29, 0.717) is 23.6 Å². The van der Waals surface area contributed by atoms with Crippen molar-refractivity contribution in [2.75, 3.05) is 32.8 Å². The molecule has 3 aromatic carbocycles. The summed E-state index contributed by atoms with van der Waals surface area (Å²) in [5.41, 5.74) is 3.35. The number of nitrogens with zero attached hydrogens (tertiary/aromatic N) is 2. The summed E-state index contributed by atoms with van der Waals surface area (Å²) in [5, 5.41) is 0. The number of carbonyl (C=O) groups is 2. The highest BCUT2D eigenvalue weighted by molar-refractivity contribution is 6.19. The number of fused-ring (bicyclic) bond motifs is 6. The maximum atomic E-state index is 14.8. The van der Waals surface area contributed by atoms with Gasteiger partial charge in [-0.1, -0.05) is 36.4 Å². The van der Waals surface area contributed by atoms with Crippen LogP contribution in [0, 0.1) is 0 Å².